The van der Waals surface area contributed by atoms with Crippen LogP contribution in [0.1, 0.15) is 39.5 Å². The van der Waals surface area contributed by atoms with Crippen molar-refractivity contribution in [1.82, 2.24) is 15.5 Å². The highest BCUT2D eigenvalue weighted by molar-refractivity contribution is 5.94. The van der Waals surface area contributed by atoms with Gasteiger partial charge in [0.25, 0.3) is 11.8 Å². The molecule has 0 radical (unpaired) electrons. The zero-order valence-corrected chi connectivity index (χ0v) is 18.7. The second-order valence-corrected chi connectivity index (χ2v) is 8.96. The van der Waals surface area contributed by atoms with Gasteiger partial charge in [0.05, 0.1) is 12.6 Å². The van der Waals surface area contributed by atoms with Gasteiger partial charge in [-0.3, -0.25) is 23.9 Å². The van der Waals surface area contributed by atoms with Crippen molar-refractivity contribution in [3.05, 3.63) is 0 Å². The van der Waals surface area contributed by atoms with E-state index in [-0.39, 0.29) is 31.7 Å². The molecule has 0 aromatic heterocycles. The van der Waals surface area contributed by atoms with E-state index in [4.69, 9.17) is 0 Å². The summed E-state index contributed by atoms with van der Waals surface area (Å²) in [4.78, 5) is 50.1. The van der Waals surface area contributed by atoms with E-state index >= 15 is 0 Å². The number of aliphatic hydroxyl groups excluding tert-OH is 1. The first kappa shape index (κ1) is 27.9. The fourth-order valence-electron chi connectivity index (χ4n) is 3.97. The molecule has 2 rings (SSSR count). The Hall–Kier alpha value is -2.35. The summed E-state index contributed by atoms with van der Waals surface area (Å²) < 4.78 is 68.8. The van der Waals surface area contributed by atoms with Crippen LogP contribution in [0.25, 0.3) is 0 Å². The minimum atomic E-state index is -5.13. The van der Waals surface area contributed by atoms with Gasteiger partial charge in [0.2, 0.25) is 11.8 Å². The Morgan fingerprint density at radius 1 is 1.29 bits per heavy atom. The summed E-state index contributed by atoms with van der Waals surface area (Å²) in [5, 5.41) is 14.7. The Labute approximate surface area is 192 Å². The first-order valence-corrected chi connectivity index (χ1v) is 10.8. The van der Waals surface area contributed by atoms with Gasteiger partial charge >= 0.3 is 6.36 Å². The van der Waals surface area contributed by atoms with Gasteiger partial charge in [-0.1, -0.05) is 13.8 Å². The van der Waals surface area contributed by atoms with Crippen LogP contribution in [0.15, 0.2) is 0 Å². The summed E-state index contributed by atoms with van der Waals surface area (Å²) in [5.74, 6) is -8.38. The summed E-state index contributed by atoms with van der Waals surface area (Å²) in [6.07, 6.45) is -8.01. The smallest absolute Gasteiger partial charge is 0.383 e. The number of carbonyl (C=O) groups excluding carboxylic acids is 4. The van der Waals surface area contributed by atoms with Crippen molar-refractivity contribution < 1.29 is 51.0 Å². The van der Waals surface area contributed by atoms with Gasteiger partial charge in [-0.25, -0.2) is 8.78 Å². The summed E-state index contributed by atoms with van der Waals surface area (Å²) in [6, 6.07) is -3.41. The number of likely N-dealkylation sites (tertiary alicyclic amines) is 1. The third-order valence-electron chi connectivity index (χ3n) is 5.60. The van der Waals surface area contributed by atoms with Crippen LogP contribution in [-0.2, 0) is 23.9 Å². The van der Waals surface area contributed by atoms with E-state index in [1.54, 1.807) is 13.8 Å². The van der Waals surface area contributed by atoms with Gasteiger partial charge < -0.3 is 20.6 Å². The Balaban J connectivity index is 2.18. The lowest BCUT2D eigenvalue weighted by Gasteiger charge is -2.28. The van der Waals surface area contributed by atoms with Crippen LogP contribution in [0.2, 0.25) is 0 Å². The van der Waals surface area contributed by atoms with Crippen LogP contribution in [0.5, 0.6) is 0 Å². The molecule has 2 saturated heterocycles. The normalized spacial score (nSPS) is 24.1. The van der Waals surface area contributed by atoms with E-state index in [0.29, 0.717) is 4.90 Å². The molecule has 2 aliphatic rings. The highest BCUT2D eigenvalue weighted by Crippen LogP contribution is 2.33. The number of nitrogens with one attached hydrogen (secondary N) is 2. The molecule has 2 fully saturated rings. The molecule has 194 valence electrons. The van der Waals surface area contributed by atoms with E-state index < -0.39 is 79.5 Å². The topological polar surface area (TPSA) is 125 Å². The monoisotopic (exact) mass is 501 g/mol. The summed E-state index contributed by atoms with van der Waals surface area (Å²) >= 11 is 0. The number of aliphatic hydroxyl groups is 1. The number of hydrogen-bond acceptors (Lipinski definition) is 6. The average Bonchev–Trinajstić information content (AvgIpc) is 3.25. The molecule has 4 atom stereocenters. The number of carbonyl (C=O) groups is 4. The van der Waals surface area contributed by atoms with Crippen LogP contribution in [0.3, 0.4) is 0 Å². The van der Waals surface area contributed by atoms with E-state index in [2.05, 4.69) is 15.4 Å². The largest absolute Gasteiger partial charge is 0.522 e. The number of amides is 3. The first-order valence-electron chi connectivity index (χ1n) is 10.8. The molecule has 0 bridgehead atoms. The summed E-state index contributed by atoms with van der Waals surface area (Å²) in [6.45, 7) is 1.05. The summed E-state index contributed by atoms with van der Waals surface area (Å²) in [7, 11) is 0. The Morgan fingerprint density at radius 2 is 1.94 bits per heavy atom. The minimum Gasteiger partial charge on any atom is -0.383 e. The van der Waals surface area contributed by atoms with Gasteiger partial charge in [0.15, 0.2) is 5.78 Å². The standard InChI is InChI=1S/C20H28F5N3O6/c1-10(2)5-14(29)18(33)28-9-19(21,22)7-13(28)17(32)27-12(6-11-3-4-26-16(11)31)15(30)8-34-20(23,24)25/h10-14,29H,3-9H2,1-2H3,(H,26,31)(H,27,32). The summed E-state index contributed by atoms with van der Waals surface area (Å²) in [5.41, 5.74) is 0. The van der Waals surface area contributed by atoms with Crippen molar-refractivity contribution in [3.63, 3.8) is 0 Å². The lowest BCUT2D eigenvalue weighted by Crippen LogP contribution is -2.53. The Bertz CT molecular complexity index is 791. The van der Waals surface area contributed by atoms with E-state index in [9.17, 15) is 46.2 Å². The van der Waals surface area contributed by atoms with Crippen molar-refractivity contribution in [2.45, 2.75) is 70.0 Å². The van der Waals surface area contributed by atoms with E-state index in [0.717, 1.165) is 0 Å². The molecule has 14 heteroatoms. The maximum atomic E-state index is 14.1. The van der Waals surface area contributed by atoms with Crippen molar-refractivity contribution in [1.29, 1.82) is 0 Å². The highest BCUT2D eigenvalue weighted by atomic mass is 19.4. The number of hydrogen-bond donors (Lipinski definition) is 3. The van der Waals surface area contributed by atoms with Crippen LogP contribution in [-0.4, -0.2) is 83.7 Å². The Kier molecular flexibility index (Phi) is 8.97. The first-order chi connectivity index (χ1) is 15.6. The number of ether oxygens (including phenoxy) is 1. The number of nitrogens with zero attached hydrogens (tertiary/aromatic N) is 1. The van der Waals surface area contributed by atoms with E-state index in [1.807, 2.05) is 0 Å². The van der Waals surface area contributed by atoms with Gasteiger partial charge in [0.1, 0.15) is 18.8 Å². The fourth-order valence-corrected chi connectivity index (χ4v) is 3.97. The van der Waals surface area contributed by atoms with E-state index in [1.165, 1.54) is 0 Å². The van der Waals surface area contributed by atoms with Crippen LogP contribution in [0.4, 0.5) is 22.0 Å². The van der Waals surface area contributed by atoms with Gasteiger partial charge in [-0.05, 0) is 25.2 Å². The molecule has 0 aliphatic carbocycles. The molecular formula is C20H28F5N3O6. The van der Waals surface area contributed by atoms with Gasteiger partial charge in [0, 0.05) is 18.9 Å². The number of halogens is 5. The quantitative estimate of drug-likeness (QED) is 0.380. The fraction of sp³-hybridized carbons (Fsp3) is 0.800. The molecule has 34 heavy (non-hydrogen) atoms. The zero-order chi connectivity index (χ0) is 25.8. The minimum absolute atomic E-state index is 0.0398. The zero-order valence-electron chi connectivity index (χ0n) is 18.7. The number of rotatable bonds is 10. The lowest BCUT2D eigenvalue weighted by molar-refractivity contribution is -0.321. The van der Waals surface area contributed by atoms with Crippen LogP contribution >= 0.6 is 0 Å². The third-order valence-corrected chi connectivity index (χ3v) is 5.60. The molecule has 0 spiro atoms. The second-order valence-electron chi connectivity index (χ2n) is 8.96. The van der Waals surface area contributed by atoms with Crippen molar-refractivity contribution in [3.8, 4) is 0 Å². The average molecular weight is 501 g/mol. The Morgan fingerprint density at radius 3 is 2.47 bits per heavy atom. The maximum absolute atomic E-state index is 14.1. The second kappa shape index (κ2) is 10.9. The molecule has 4 unspecified atom stereocenters. The van der Waals surface area contributed by atoms with Crippen LogP contribution < -0.4 is 10.6 Å². The molecule has 3 amide bonds. The molecule has 0 aromatic rings. The predicted octanol–water partition coefficient (Wildman–Crippen LogP) is 0.746. The molecule has 9 nitrogen and oxygen atoms in total. The molecule has 2 heterocycles. The molecule has 3 N–H and O–H groups in total. The molecule has 0 aromatic carbocycles. The number of alkyl halides is 5. The lowest BCUT2D eigenvalue weighted by atomic mass is 9.95. The SMILES string of the molecule is CC(C)CC(O)C(=O)N1CC(F)(F)CC1C(=O)NC(CC1CCNC1=O)C(=O)COC(F)(F)F. The van der Waals surface area contributed by atoms with Gasteiger partial charge in [-0.15, -0.1) is 13.2 Å². The van der Waals surface area contributed by atoms with Crippen molar-refractivity contribution >= 4 is 23.5 Å². The highest BCUT2D eigenvalue weighted by Gasteiger charge is 2.51. The molecule has 2 aliphatic heterocycles. The number of ketones is 1. The molecular weight excluding hydrogens is 473 g/mol. The predicted molar refractivity (Wildman–Crippen MR) is 105 cm³/mol. The van der Waals surface area contributed by atoms with Crippen molar-refractivity contribution in [2.24, 2.45) is 11.8 Å². The maximum Gasteiger partial charge on any atom is 0.522 e. The van der Waals surface area contributed by atoms with Crippen LogP contribution in [0, 0.1) is 11.8 Å². The third kappa shape index (κ3) is 7.86. The molecule has 0 saturated carbocycles. The van der Waals surface area contributed by atoms with Gasteiger partial charge in [-0.2, -0.15) is 0 Å². The number of Topliss-reactive ketones (excluding diaryl/α,β-unsaturated/α-hetero) is 1. The van der Waals surface area contributed by atoms with Crippen molar-refractivity contribution in [2.75, 3.05) is 19.7 Å².